The van der Waals surface area contributed by atoms with Crippen LogP contribution in [0.2, 0.25) is 0 Å². The Morgan fingerprint density at radius 2 is 1.47 bits per heavy atom. The van der Waals surface area contributed by atoms with Crippen LogP contribution < -0.4 is 5.32 Å². The van der Waals surface area contributed by atoms with E-state index in [4.69, 9.17) is 0 Å². The van der Waals surface area contributed by atoms with E-state index < -0.39 is 0 Å². The molecule has 1 nitrogen and oxygen atoms in total. The smallest absolute Gasteiger partial charge is 0.0395 e. The Kier molecular flexibility index (Phi) is 3.44. The van der Waals surface area contributed by atoms with Crippen molar-refractivity contribution in [2.24, 2.45) is 0 Å². The molecule has 0 saturated carbocycles. The summed E-state index contributed by atoms with van der Waals surface area (Å²) < 4.78 is 2.16. The Balaban J connectivity index is 2.18. The third-order valence-electron chi connectivity index (χ3n) is 1.96. The highest BCUT2D eigenvalue weighted by atomic mass is 79.9. The molecule has 1 N–H and O–H groups in total. The number of halogens is 2. The Hall–Kier alpha value is -0.800. The number of rotatable bonds is 2. The van der Waals surface area contributed by atoms with Crippen LogP contribution in [0.25, 0.3) is 0 Å². The van der Waals surface area contributed by atoms with Gasteiger partial charge in [0, 0.05) is 20.3 Å². The zero-order valence-electron chi connectivity index (χ0n) is 7.87. The van der Waals surface area contributed by atoms with Crippen LogP contribution in [0, 0.1) is 0 Å². The first-order chi connectivity index (χ1) is 7.24. The predicted molar refractivity (Wildman–Crippen MR) is 71.6 cm³/mol. The Morgan fingerprint density at radius 1 is 0.733 bits per heavy atom. The molecule has 2 rings (SSSR count). The van der Waals surface area contributed by atoms with E-state index in [0.29, 0.717) is 0 Å². The lowest BCUT2D eigenvalue weighted by Gasteiger charge is -2.06. The van der Waals surface area contributed by atoms with Crippen LogP contribution in [0.1, 0.15) is 0 Å². The number of benzene rings is 2. The molecule has 0 amide bonds. The summed E-state index contributed by atoms with van der Waals surface area (Å²) >= 11 is 6.85. The van der Waals surface area contributed by atoms with E-state index in [2.05, 4.69) is 37.2 Å². The summed E-state index contributed by atoms with van der Waals surface area (Å²) in [4.78, 5) is 0. The number of nitrogens with one attached hydrogen (secondary N) is 1. The molecule has 0 saturated heterocycles. The molecule has 0 unspecified atom stereocenters. The van der Waals surface area contributed by atoms with Crippen LogP contribution >= 0.6 is 31.9 Å². The van der Waals surface area contributed by atoms with Crippen LogP contribution in [-0.4, -0.2) is 0 Å². The maximum absolute atomic E-state index is 3.44. The molecule has 15 heavy (non-hydrogen) atoms. The molecular weight excluding hydrogens is 318 g/mol. The van der Waals surface area contributed by atoms with Gasteiger partial charge in [-0.1, -0.05) is 37.9 Å². The SMILES string of the molecule is Brc1ccc(Nc2cccc(Br)c2)cc1. The number of hydrogen-bond acceptors (Lipinski definition) is 1. The Morgan fingerprint density at radius 3 is 2.13 bits per heavy atom. The van der Waals surface area contributed by atoms with E-state index in [1.165, 1.54) is 0 Å². The van der Waals surface area contributed by atoms with Crippen LogP contribution in [0.3, 0.4) is 0 Å². The van der Waals surface area contributed by atoms with Gasteiger partial charge in [-0.15, -0.1) is 0 Å². The molecule has 0 radical (unpaired) electrons. The fraction of sp³-hybridized carbons (Fsp3) is 0. The minimum absolute atomic E-state index is 1.07. The van der Waals surface area contributed by atoms with Crippen molar-refractivity contribution in [3.63, 3.8) is 0 Å². The van der Waals surface area contributed by atoms with Gasteiger partial charge in [-0.2, -0.15) is 0 Å². The van der Waals surface area contributed by atoms with E-state index in [1.54, 1.807) is 0 Å². The summed E-state index contributed by atoms with van der Waals surface area (Å²) in [7, 11) is 0. The summed E-state index contributed by atoms with van der Waals surface area (Å²) in [6.45, 7) is 0. The van der Waals surface area contributed by atoms with Crippen LogP contribution in [0.4, 0.5) is 11.4 Å². The fourth-order valence-corrected chi connectivity index (χ4v) is 1.93. The molecule has 76 valence electrons. The summed E-state index contributed by atoms with van der Waals surface area (Å²) in [5.74, 6) is 0. The van der Waals surface area contributed by atoms with Crippen LogP contribution in [0.15, 0.2) is 57.5 Å². The van der Waals surface area contributed by atoms with Crippen molar-refractivity contribution >= 4 is 43.2 Å². The number of hydrogen-bond donors (Lipinski definition) is 1. The monoisotopic (exact) mass is 325 g/mol. The Bertz CT molecular complexity index is 451. The van der Waals surface area contributed by atoms with Gasteiger partial charge in [0.2, 0.25) is 0 Å². The zero-order chi connectivity index (χ0) is 10.7. The minimum Gasteiger partial charge on any atom is -0.355 e. The quantitative estimate of drug-likeness (QED) is 0.822. The van der Waals surface area contributed by atoms with E-state index in [-0.39, 0.29) is 0 Å². The van der Waals surface area contributed by atoms with E-state index in [9.17, 15) is 0 Å². The average Bonchev–Trinajstić information content (AvgIpc) is 2.22. The highest BCUT2D eigenvalue weighted by molar-refractivity contribution is 9.10. The van der Waals surface area contributed by atoms with Gasteiger partial charge in [-0.25, -0.2) is 0 Å². The van der Waals surface area contributed by atoms with Crippen molar-refractivity contribution in [1.29, 1.82) is 0 Å². The van der Waals surface area contributed by atoms with Gasteiger partial charge in [-0.05, 0) is 42.5 Å². The molecule has 0 spiro atoms. The lowest BCUT2D eigenvalue weighted by atomic mass is 10.3. The lowest BCUT2D eigenvalue weighted by Crippen LogP contribution is -1.88. The molecule has 0 atom stereocenters. The molecule has 0 aromatic heterocycles. The largest absolute Gasteiger partial charge is 0.355 e. The maximum atomic E-state index is 3.44. The van der Waals surface area contributed by atoms with Crippen LogP contribution in [-0.2, 0) is 0 Å². The van der Waals surface area contributed by atoms with E-state index in [0.717, 1.165) is 20.3 Å². The molecule has 0 heterocycles. The lowest BCUT2D eigenvalue weighted by molar-refractivity contribution is 1.52. The predicted octanol–water partition coefficient (Wildman–Crippen LogP) is 4.96. The minimum atomic E-state index is 1.07. The highest BCUT2D eigenvalue weighted by Crippen LogP contribution is 2.21. The molecule has 0 aliphatic rings. The van der Waals surface area contributed by atoms with Crippen molar-refractivity contribution in [2.75, 3.05) is 5.32 Å². The first-order valence-electron chi connectivity index (χ1n) is 4.52. The van der Waals surface area contributed by atoms with Gasteiger partial charge in [-0.3, -0.25) is 0 Å². The van der Waals surface area contributed by atoms with Gasteiger partial charge in [0.05, 0.1) is 0 Å². The summed E-state index contributed by atoms with van der Waals surface area (Å²) in [5, 5.41) is 3.32. The van der Waals surface area contributed by atoms with Gasteiger partial charge >= 0.3 is 0 Å². The molecule has 0 aliphatic heterocycles. The van der Waals surface area contributed by atoms with Crippen molar-refractivity contribution in [2.45, 2.75) is 0 Å². The second kappa shape index (κ2) is 4.81. The van der Waals surface area contributed by atoms with Gasteiger partial charge in [0.25, 0.3) is 0 Å². The van der Waals surface area contributed by atoms with E-state index in [1.807, 2.05) is 48.5 Å². The van der Waals surface area contributed by atoms with Crippen molar-refractivity contribution in [3.05, 3.63) is 57.5 Å². The summed E-state index contributed by atoms with van der Waals surface area (Å²) in [6, 6.07) is 16.2. The van der Waals surface area contributed by atoms with Crippen molar-refractivity contribution in [3.8, 4) is 0 Å². The van der Waals surface area contributed by atoms with E-state index >= 15 is 0 Å². The second-order valence-corrected chi connectivity index (χ2v) is 4.97. The van der Waals surface area contributed by atoms with Gasteiger partial charge in [0.1, 0.15) is 0 Å². The Labute approximate surface area is 106 Å². The topological polar surface area (TPSA) is 12.0 Å². The summed E-state index contributed by atoms with van der Waals surface area (Å²) in [5.41, 5.74) is 2.16. The highest BCUT2D eigenvalue weighted by Gasteiger charge is 1.95. The normalized spacial score (nSPS) is 10.0. The molecule has 2 aromatic carbocycles. The zero-order valence-corrected chi connectivity index (χ0v) is 11.0. The molecular formula is C12H9Br2N. The molecule has 0 aliphatic carbocycles. The molecule has 2 aromatic rings. The molecule has 3 heteroatoms. The fourth-order valence-electron chi connectivity index (χ4n) is 1.27. The first-order valence-corrected chi connectivity index (χ1v) is 6.11. The van der Waals surface area contributed by atoms with Gasteiger partial charge in [0.15, 0.2) is 0 Å². The third-order valence-corrected chi connectivity index (χ3v) is 2.98. The number of anilines is 2. The molecule has 0 fully saturated rings. The van der Waals surface area contributed by atoms with Crippen molar-refractivity contribution in [1.82, 2.24) is 0 Å². The van der Waals surface area contributed by atoms with Crippen LogP contribution in [0.5, 0.6) is 0 Å². The second-order valence-electron chi connectivity index (χ2n) is 3.14. The first kappa shape index (κ1) is 10.7. The molecule has 0 bridgehead atoms. The maximum Gasteiger partial charge on any atom is 0.0395 e. The standard InChI is InChI=1S/C12H9Br2N/c13-9-4-6-11(7-5-9)15-12-3-1-2-10(14)8-12/h1-8,15H. The van der Waals surface area contributed by atoms with Gasteiger partial charge < -0.3 is 5.32 Å². The van der Waals surface area contributed by atoms with Crippen molar-refractivity contribution < 1.29 is 0 Å². The summed E-state index contributed by atoms with van der Waals surface area (Å²) in [6.07, 6.45) is 0. The average molecular weight is 327 g/mol. The third kappa shape index (κ3) is 3.08.